The minimum absolute atomic E-state index is 0.0278. The lowest BCUT2D eigenvalue weighted by Crippen LogP contribution is -2.43. The summed E-state index contributed by atoms with van der Waals surface area (Å²) in [7, 11) is 0. The Morgan fingerprint density at radius 3 is 2.16 bits per heavy atom. The van der Waals surface area contributed by atoms with Gasteiger partial charge in [0.05, 0.1) is 18.3 Å². The SMILES string of the molecule is O=C(O)Cc1ccc(OC2CCN(C(=O)Oc3ccc(-n4c(O)c5c(c4O)CCCC5)cn3)CC2)cc1. The van der Waals surface area contributed by atoms with E-state index >= 15 is 0 Å². The molecule has 2 aliphatic rings. The van der Waals surface area contributed by atoms with Gasteiger partial charge in [0.1, 0.15) is 11.9 Å². The van der Waals surface area contributed by atoms with E-state index in [2.05, 4.69) is 4.98 Å². The van der Waals surface area contributed by atoms with Crippen molar-refractivity contribution in [1.82, 2.24) is 14.5 Å². The van der Waals surface area contributed by atoms with Crippen molar-refractivity contribution in [3.8, 4) is 29.1 Å². The van der Waals surface area contributed by atoms with Crippen molar-refractivity contribution >= 4 is 12.1 Å². The summed E-state index contributed by atoms with van der Waals surface area (Å²) in [6, 6.07) is 10.2. The number of carbonyl (C=O) groups is 2. The van der Waals surface area contributed by atoms with Crippen LogP contribution in [-0.2, 0) is 24.1 Å². The number of likely N-dealkylation sites (tertiary alicyclic amines) is 1. The van der Waals surface area contributed by atoms with E-state index in [1.807, 2.05) is 0 Å². The molecular formula is C27H29N3O7. The number of fused-ring (bicyclic) bond motifs is 1. The van der Waals surface area contributed by atoms with Gasteiger partial charge in [0, 0.05) is 43.1 Å². The van der Waals surface area contributed by atoms with Gasteiger partial charge in [-0.25, -0.2) is 14.3 Å². The smallest absolute Gasteiger partial charge is 0.416 e. The molecule has 194 valence electrons. The van der Waals surface area contributed by atoms with Crippen molar-refractivity contribution in [2.75, 3.05) is 13.1 Å². The number of nitrogens with zero attached hydrogens (tertiary/aromatic N) is 3. The Morgan fingerprint density at radius 1 is 0.946 bits per heavy atom. The molecule has 1 aromatic carbocycles. The number of carboxylic acid groups (broad SMARTS) is 1. The van der Waals surface area contributed by atoms with Gasteiger partial charge in [-0.2, -0.15) is 0 Å². The number of carboxylic acids is 1. The Hall–Kier alpha value is -4.21. The number of aromatic nitrogens is 2. The summed E-state index contributed by atoms with van der Waals surface area (Å²) in [5, 5.41) is 30.1. The fourth-order valence-corrected chi connectivity index (χ4v) is 4.94. The van der Waals surface area contributed by atoms with Gasteiger partial charge in [0.15, 0.2) is 0 Å². The second-order valence-electron chi connectivity index (χ2n) is 9.39. The Kier molecular flexibility index (Phi) is 6.89. The Morgan fingerprint density at radius 2 is 1.59 bits per heavy atom. The number of piperidine rings is 1. The molecule has 1 aliphatic carbocycles. The van der Waals surface area contributed by atoms with Gasteiger partial charge in [0.25, 0.3) is 0 Å². The number of pyridine rings is 1. The number of amides is 1. The fourth-order valence-electron chi connectivity index (χ4n) is 4.94. The first kappa shape index (κ1) is 24.5. The molecule has 0 atom stereocenters. The maximum atomic E-state index is 12.6. The molecular weight excluding hydrogens is 478 g/mol. The van der Waals surface area contributed by atoms with Gasteiger partial charge >= 0.3 is 12.1 Å². The summed E-state index contributed by atoms with van der Waals surface area (Å²) in [5.74, 6) is -0.0263. The number of hydrogen-bond donors (Lipinski definition) is 3. The van der Waals surface area contributed by atoms with Crippen LogP contribution in [0.2, 0.25) is 0 Å². The Bertz CT molecular complexity index is 1250. The first-order chi connectivity index (χ1) is 17.9. The van der Waals surface area contributed by atoms with Crippen LogP contribution in [0.1, 0.15) is 42.4 Å². The average Bonchev–Trinajstić information content (AvgIpc) is 3.16. The molecule has 5 rings (SSSR count). The Balaban J connectivity index is 1.14. The maximum Gasteiger partial charge on any atom is 0.416 e. The van der Waals surface area contributed by atoms with Crippen molar-refractivity contribution in [3.63, 3.8) is 0 Å². The molecule has 0 unspecified atom stereocenters. The lowest BCUT2D eigenvalue weighted by atomic mass is 9.95. The van der Waals surface area contributed by atoms with Crippen molar-refractivity contribution in [3.05, 3.63) is 59.3 Å². The van der Waals surface area contributed by atoms with Gasteiger partial charge in [-0.05, 0) is 49.4 Å². The van der Waals surface area contributed by atoms with Crippen LogP contribution in [0.25, 0.3) is 5.69 Å². The highest BCUT2D eigenvalue weighted by atomic mass is 16.6. The van der Waals surface area contributed by atoms with Crippen molar-refractivity contribution < 1.29 is 34.4 Å². The predicted molar refractivity (Wildman–Crippen MR) is 133 cm³/mol. The van der Waals surface area contributed by atoms with Crippen LogP contribution in [0.4, 0.5) is 4.79 Å². The molecule has 3 aromatic rings. The quantitative estimate of drug-likeness (QED) is 0.458. The van der Waals surface area contributed by atoms with Crippen molar-refractivity contribution in [2.24, 2.45) is 0 Å². The second kappa shape index (κ2) is 10.4. The highest BCUT2D eigenvalue weighted by Crippen LogP contribution is 2.40. The fraction of sp³-hybridized carbons (Fsp3) is 0.370. The van der Waals surface area contributed by atoms with Crippen molar-refractivity contribution in [1.29, 1.82) is 0 Å². The lowest BCUT2D eigenvalue weighted by molar-refractivity contribution is -0.136. The molecule has 37 heavy (non-hydrogen) atoms. The van der Waals surface area contributed by atoms with E-state index in [0.717, 1.165) is 36.8 Å². The van der Waals surface area contributed by atoms with E-state index in [0.29, 0.717) is 42.9 Å². The Labute approximate surface area is 213 Å². The molecule has 1 saturated heterocycles. The highest BCUT2D eigenvalue weighted by Gasteiger charge is 2.27. The van der Waals surface area contributed by atoms with Gasteiger partial charge in [0.2, 0.25) is 17.6 Å². The molecule has 3 heterocycles. The van der Waals surface area contributed by atoms with Crippen LogP contribution >= 0.6 is 0 Å². The topological polar surface area (TPSA) is 134 Å². The molecule has 10 heteroatoms. The van der Waals surface area contributed by atoms with E-state index in [-0.39, 0.29) is 30.2 Å². The van der Waals surface area contributed by atoms with Crippen LogP contribution in [0.5, 0.6) is 23.4 Å². The molecule has 10 nitrogen and oxygen atoms in total. The summed E-state index contributed by atoms with van der Waals surface area (Å²) in [4.78, 5) is 29.3. The van der Waals surface area contributed by atoms with Gasteiger partial charge < -0.3 is 29.7 Å². The van der Waals surface area contributed by atoms with Gasteiger partial charge in [-0.15, -0.1) is 0 Å². The summed E-state index contributed by atoms with van der Waals surface area (Å²) in [6.07, 6.45) is 5.54. The monoisotopic (exact) mass is 507 g/mol. The van der Waals surface area contributed by atoms with Gasteiger partial charge in [-0.1, -0.05) is 12.1 Å². The molecule has 2 aromatic heterocycles. The predicted octanol–water partition coefficient (Wildman–Crippen LogP) is 3.83. The minimum atomic E-state index is -0.878. The highest BCUT2D eigenvalue weighted by molar-refractivity contribution is 5.70. The van der Waals surface area contributed by atoms with Crippen LogP contribution in [0, 0.1) is 0 Å². The third-order valence-corrected chi connectivity index (χ3v) is 6.88. The minimum Gasteiger partial charge on any atom is -0.494 e. The summed E-state index contributed by atoms with van der Waals surface area (Å²) in [5.41, 5.74) is 2.75. The lowest BCUT2D eigenvalue weighted by Gasteiger charge is -2.31. The average molecular weight is 508 g/mol. The third kappa shape index (κ3) is 5.32. The molecule has 1 fully saturated rings. The van der Waals surface area contributed by atoms with Crippen LogP contribution < -0.4 is 9.47 Å². The number of aliphatic carboxylic acids is 1. The van der Waals surface area contributed by atoms with Crippen LogP contribution in [-0.4, -0.2) is 61.0 Å². The normalized spacial score (nSPS) is 15.7. The summed E-state index contributed by atoms with van der Waals surface area (Å²) in [6.45, 7) is 0.935. The number of aromatic hydroxyl groups is 2. The van der Waals surface area contributed by atoms with E-state index in [4.69, 9.17) is 14.6 Å². The second-order valence-corrected chi connectivity index (χ2v) is 9.39. The first-order valence-corrected chi connectivity index (χ1v) is 12.4. The zero-order valence-electron chi connectivity index (χ0n) is 20.3. The third-order valence-electron chi connectivity index (χ3n) is 6.88. The van der Waals surface area contributed by atoms with E-state index in [1.54, 1.807) is 35.2 Å². The first-order valence-electron chi connectivity index (χ1n) is 12.4. The molecule has 0 radical (unpaired) electrons. The largest absolute Gasteiger partial charge is 0.494 e. The molecule has 0 bridgehead atoms. The number of carbonyl (C=O) groups excluding carboxylic acids is 1. The van der Waals surface area contributed by atoms with Crippen LogP contribution in [0.3, 0.4) is 0 Å². The van der Waals surface area contributed by atoms with Crippen molar-refractivity contribution in [2.45, 2.75) is 51.0 Å². The van der Waals surface area contributed by atoms with E-state index in [9.17, 15) is 19.8 Å². The number of benzene rings is 1. The summed E-state index contributed by atoms with van der Waals surface area (Å²) >= 11 is 0. The zero-order valence-corrected chi connectivity index (χ0v) is 20.3. The standard InChI is InChI=1S/C27H29N3O7/c31-24(32)15-17-5-8-19(9-6-17)36-20-11-13-29(14-12-20)27(35)37-23-10-7-18(16-28-23)30-25(33)21-3-1-2-4-22(21)26(30)34/h5-10,16,20,33-34H,1-4,11-15H2,(H,31,32). The molecule has 1 amide bonds. The molecule has 0 saturated carbocycles. The van der Waals surface area contributed by atoms with Gasteiger partial charge in [-0.3, -0.25) is 4.79 Å². The van der Waals surface area contributed by atoms with Crippen LogP contribution in [0.15, 0.2) is 42.6 Å². The molecule has 3 N–H and O–H groups in total. The zero-order chi connectivity index (χ0) is 25.9. The number of ether oxygens (including phenoxy) is 2. The van der Waals surface area contributed by atoms with E-state index in [1.165, 1.54) is 16.8 Å². The van der Waals surface area contributed by atoms with E-state index < -0.39 is 12.1 Å². The molecule has 1 aliphatic heterocycles. The maximum absolute atomic E-state index is 12.6. The summed E-state index contributed by atoms with van der Waals surface area (Å²) < 4.78 is 12.8. The number of rotatable bonds is 6. The molecule has 0 spiro atoms. The number of hydrogen-bond acceptors (Lipinski definition) is 7.